The lowest BCUT2D eigenvalue weighted by Crippen LogP contribution is -2.32. The van der Waals surface area contributed by atoms with Crippen LogP contribution < -0.4 is 11.0 Å². The van der Waals surface area contributed by atoms with Gasteiger partial charge in [-0.15, -0.1) is 0 Å². The Morgan fingerprint density at radius 1 is 1.11 bits per heavy atom. The fourth-order valence-electron chi connectivity index (χ4n) is 3.17. The number of amides is 1. The minimum atomic E-state index is -0.173. The number of carbonyl (C=O) groups excluding carboxylic acids is 1. The quantitative estimate of drug-likeness (QED) is 0.667. The number of para-hydroxylation sites is 1. The van der Waals surface area contributed by atoms with E-state index in [1.807, 2.05) is 48.5 Å². The molecule has 1 fully saturated rings. The van der Waals surface area contributed by atoms with E-state index in [4.69, 9.17) is 11.6 Å². The molecule has 0 spiro atoms. The van der Waals surface area contributed by atoms with Gasteiger partial charge in [0.05, 0.1) is 18.7 Å². The van der Waals surface area contributed by atoms with E-state index in [-0.39, 0.29) is 18.0 Å². The van der Waals surface area contributed by atoms with Crippen LogP contribution in [0.5, 0.6) is 0 Å². The zero-order valence-corrected chi connectivity index (χ0v) is 16.1. The third-order valence-electron chi connectivity index (χ3n) is 4.78. The molecule has 28 heavy (non-hydrogen) atoms. The van der Waals surface area contributed by atoms with E-state index in [1.165, 1.54) is 4.68 Å². The number of rotatable bonds is 7. The molecule has 4 rings (SSSR count). The maximum atomic E-state index is 12.9. The molecule has 0 unspecified atom stereocenters. The summed E-state index contributed by atoms with van der Waals surface area (Å²) in [4.78, 5) is 25.0. The van der Waals surface area contributed by atoms with Gasteiger partial charge in [-0.1, -0.05) is 48.0 Å². The minimum Gasteiger partial charge on any atom is -0.354 e. The number of benzene rings is 2. The van der Waals surface area contributed by atoms with Crippen molar-refractivity contribution in [1.82, 2.24) is 19.7 Å². The van der Waals surface area contributed by atoms with Crippen LogP contribution in [0, 0.1) is 0 Å². The first kappa shape index (κ1) is 18.5. The third-order valence-corrected chi connectivity index (χ3v) is 5.14. The van der Waals surface area contributed by atoms with Gasteiger partial charge < -0.3 is 5.32 Å². The molecule has 1 N–H and O–H groups in total. The maximum absolute atomic E-state index is 12.9. The average Bonchev–Trinajstić information content (AvgIpc) is 3.49. The molecule has 6 nitrogen and oxygen atoms in total. The Labute approximate surface area is 167 Å². The Morgan fingerprint density at radius 2 is 1.82 bits per heavy atom. The van der Waals surface area contributed by atoms with Crippen molar-refractivity contribution in [3.8, 4) is 5.69 Å². The summed E-state index contributed by atoms with van der Waals surface area (Å²) in [6.45, 7) is 0.658. The molecule has 0 bridgehead atoms. The van der Waals surface area contributed by atoms with E-state index in [1.54, 1.807) is 10.6 Å². The predicted octanol–water partition coefficient (Wildman–Crippen LogP) is 2.92. The lowest BCUT2D eigenvalue weighted by atomic mass is 10.1. The summed E-state index contributed by atoms with van der Waals surface area (Å²) in [5.41, 5.74) is 1.43. The fraction of sp³-hybridized carbons (Fsp3) is 0.286. The SMILES string of the molecule is O=C(Cc1ccccc1Cl)NCCn1nc(C2CC2)n(-c2ccccc2)c1=O. The second kappa shape index (κ2) is 8.02. The zero-order chi connectivity index (χ0) is 19.5. The Hall–Kier alpha value is -2.86. The van der Waals surface area contributed by atoms with Crippen molar-refractivity contribution in [3.63, 3.8) is 0 Å². The van der Waals surface area contributed by atoms with E-state index in [0.29, 0.717) is 24.0 Å². The van der Waals surface area contributed by atoms with E-state index >= 15 is 0 Å². The zero-order valence-electron chi connectivity index (χ0n) is 15.3. The molecule has 1 heterocycles. The highest BCUT2D eigenvalue weighted by molar-refractivity contribution is 6.31. The van der Waals surface area contributed by atoms with Gasteiger partial charge in [-0.05, 0) is 36.6 Å². The van der Waals surface area contributed by atoms with Gasteiger partial charge in [0, 0.05) is 17.5 Å². The van der Waals surface area contributed by atoms with Crippen LogP contribution in [0.25, 0.3) is 5.69 Å². The summed E-state index contributed by atoms with van der Waals surface area (Å²) in [6.07, 6.45) is 2.32. The normalized spacial score (nSPS) is 13.5. The first-order chi connectivity index (χ1) is 13.6. The van der Waals surface area contributed by atoms with Crippen LogP contribution in [-0.4, -0.2) is 26.8 Å². The second-order valence-electron chi connectivity index (χ2n) is 6.93. The molecule has 1 saturated carbocycles. The number of carbonyl (C=O) groups is 1. The van der Waals surface area contributed by atoms with Crippen LogP contribution in [0.3, 0.4) is 0 Å². The Kier molecular flexibility index (Phi) is 5.30. The number of aromatic nitrogens is 3. The molecule has 1 aliphatic carbocycles. The van der Waals surface area contributed by atoms with Gasteiger partial charge in [-0.2, -0.15) is 5.10 Å². The largest absolute Gasteiger partial charge is 0.354 e. The van der Waals surface area contributed by atoms with Crippen LogP contribution in [0.1, 0.15) is 30.1 Å². The van der Waals surface area contributed by atoms with Gasteiger partial charge in [0.1, 0.15) is 5.82 Å². The van der Waals surface area contributed by atoms with Gasteiger partial charge in [0.15, 0.2) is 0 Å². The molecule has 1 amide bonds. The first-order valence-electron chi connectivity index (χ1n) is 9.39. The Morgan fingerprint density at radius 3 is 2.54 bits per heavy atom. The Bertz CT molecular complexity index is 1040. The van der Waals surface area contributed by atoms with Crippen molar-refractivity contribution >= 4 is 17.5 Å². The molecule has 2 aromatic carbocycles. The molecule has 0 aliphatic heterocycles. The lowest BCUT2D eigenvalue weighted by Gasteiger charge is -2.06. The number of hydrogen-bond donors (Lipinski definition) is 1. The number of halogens is 1. The molecular formula is C21H21ClN4O2. The summed E-state index contributed by atoms with van der Waals surface area (Å²) in [7, 11) is 0. The average molecular weight is 397 g/mol. The van der Waals surface area contributed by atoms with Crippen molar-refractivity contribution in [2.75, 3.05) is 6.54 Å². The molecule has 0 saturated heterocycles. The topological polar surface area (TPSA) is 68.9 Å². The molecule has 144 valence electrons. The standard InChI is InChI=1S/C21H21ClN4O2/c22-18-9-5-4-6-16(18)14-19(27)23-12-13-25-21(28)26(17-7-2-1-3-8-17)20(24-25)15-10-11-15/h1-9,15H,10-14H2,(H,23,27). The molecule has 1 aromatic heterocycles. The minimum absolute atomic E-state index is 0.133. The third kappa shape index (κ3) is 4.02. The molecule has 0 atom stereocenters. The van der Waals surface area contributed by atoms with Gasteiger partial charge in [0.25, 0.3) is 0 Å². The van der Waals surface area contributed by atoms with E-state index in [2.05, 4.69) is 10.4 Å². The number of hydrogen-bond acceptors (Lipinski definition) is 3. The number of nitrogens with zero attached hydrogens (tertiary/aromatic N) is 3. The van der Waals surface area contributed by atoms with E-state index in [9.17, 15) is 9.59 Å². The van der Waals surface area contributed by atoms with Gasteiger partial charge in [0.2, 0.25) is 5.91 Å². The highest BCUT2D eigenvalue weighted by atomic mass is 35.5. The monoisotopic (exact) mass is 396 g/mol. The first-order valence-corrected chi connectivity index (χ1v) is 9.76. The highest BCUT2D eigenvalue weighted by Gasteiger charge is 2.31. The molecule has 0 radical (unpaired) electrons. The second-order valence-corrected chi connectivity index (χ2v) is 7.33. The van der Waals surface area contributed by atoms with Crippen molar-refractivity contribution in [2.24, 2.45) is 0 Å². The van der Waals surface area contributed by atoms with Crippen LogP contribution in [0.4, 0.5) is 0 Å². The van der Waals surface area contributed by atoms with Crippen molar-refractivity contribution in [3.05, 3.63) is 81.5 Å². The van der Waals surface area contributed by atoms with Crippen molar-refractivity contribution in [2.45, 2.75) is 31.7 Å². The lowest BCUT2D eigenvalue weighted by molar-refractivity contribution is -0.120. The van der Waals surface area contributed by atoms with Gasteiger partial charge >= 0.3 is 5.69 Å². The molecule has 7 heteroatoms. The summed E-state index contributed by atoms with van der Waals surface area (Å²) < 4.78 is 3.12. The molecular weight excluding hydrogens is 376 g/mol. The Balaban J connectivity index is 1.43. The summed E-state index contributed by atoms with van der Waals surface area (Å²) >= 11 is 6.09. The fourth-order valence-corrected chi connectivity index (χ4v) is 3.38. The van der Waals surface area contributed by atoms with Gasteiger partial charge in [-0.3, -0.25) is 4.79 Å². The van der Waals surface area contributed by atoms with Crippen LogP contribution in [0.2, 0.25) is 5.02 Å². The summed E-state index contributed by atoms with van der Waals surface area (Å²) in [5, 5.41) is 7.95. The van der Waals surface area contributed by atoms with E-state index in [0.717, 1.165) is 29.9 Å². The summed E-state index contributed by atoms with van der Waals surface area (Å²) in [6, 6.07) is 16.8. The van der Waals surface area contributed by atoms with Gasteiger partial charge in [-0.25, -0.2) is 14.0 Å². The predicted molar refractivity (Wildman–Crippen MR) is 108 cm³/mol. The molecule has 3 aromatic rings. The highest BCUT2D eigenvalue weighted by Crippen LogP contribution is 2.39. The van der Waals surface area contributed by atoms with Crippen molar-refractivity contribution < 1.29 is 4.79 Å². The maximum Gasteiger partial charge on any atom is 0.350 e. The van der Waals surface area contributed by atoms with E-state index < -0.39 is 0 Å². The van der Waals surface area contributed by atoms with Crippen LogP contribution in [-0.2, 0) is 17.8 Å². The number of nitrogens with one attached hydrogen (secondary N) is 1. The van der Waals surface area contributed by atoms with Crippen LogP contribution >= 0.6 is 11.6 Å². The van der Waals surface area contributed by atoms with Crippen molar-refractivity contribution in [1.29, 1.82) is 0 Å². The smallest absolute Gasteiger partial charge is 0.350 e. The summed E-state index contributed by atoms with van der Waals surface area (Å²) in [5.74, 6) is 1.01. The molecule has 1 aliphatic rings. The van der Waals surface area contributed by atoms with Crippen LogP contribution in [0.15, 0.2) is 59.4 Å².